The van der Waals surface area contributed by atoms with Crippen molar-refractivity contribution in [2.24, 2.45) is 11.7 Å². The van der Waals surface area contributed by atoms with Crippen molar-refractivity contribution in [2.75, 3.05) is 13.2 Å². The van der Waals surface area contributed by atoms with Crippen LogP contribution in [0.4, 0.5) is 5.69 Å². The number of hydrogen-bond donors (Lipinski definition) is 1. The van der Waals surface area contributed by atoms with Gasteiger partial charge in [0, 0.05) is 18.1 Å². The molecular formula is C10H14N2O3. The molecule has 15 heavy (non-hydrogen) atoms. The number of hydrogen-bond acceptors (Lipinski definition) is 4. The minimum Gasteiger partial charge on any atom is -0.493 e. The molecule has 5 heteroatoms. The first kappa shape index (κ1) is 11.5. The maximum Gasteiger partial charge on any atom is 0.269 e. The number of benzene rings is 1. The minimum atomic E-state index is -0.438. The van der Waals surface area contributed by atoms with Crippen LogP contribution in [0, 0.1) is 16.0 Å². The van der Waals surface area contributed by atoms with Gasteiger partial charge in [0.2, 0.25) is 0 Å². The number of nitro benzene ring substituents is 1. The van der Waals surface area contributed by atoms with Gasteiger partial charge >= 0.3 is 0 Å². The lowest BCUT2D eigenvalue weighted by atomic mass is 10.2. The van der Waals surface area contributed by atoms with E-state index in [1.54, 1.807) is 12.1 Å². The van der Waals surface area contributed by atoms with Gasteiger partial charge in [0.25, 0.3) is 5.69 Å². The molecule has 0 fully saturated rings. The fourth-order valence-electron chi connectivity index (χ4n) is 0.971. The maximum absolute atomic E-state index is 10.4. The topological polar surface area (TPSA) is 78.4 Å². The van der Waals surface area contributed by atoms with E-state index in [4.69, 9.17) is 10.5 Å². The SMILES string of the molecule is C[C@H](CN)COc1ccc([N+](=O)[O-])cc1. The Morgan fingerprint density at radius 2 is 2.07 bits per heavy atom. The largest absolute Gasteiger partial charge is 0.493 e. The number of nitrogens with zero attached hydrogens (tertiary/aromatic N) is 1. The number of nitro groups is 1. The fraction of sp³-hybridized carbons (Fsp3) is 0.400. The maximum atomic E-state index is 10.4. The molecule has 0 unspecified atom stereocenters. The van der Waals surface area contributed by atoms with Crippen molar-refractivity contribution in [1.29, 1.82) is 0 Å². The number of nitrogens with two attached hydrogens (primary N) is 1. The van der Waals surface area contributed by atoms with Gasteiger partial charge in [0.15, 0.2) is 0 Å². The van der Waals surface area contributed by atoms with E-state index in [1.807, 2.05) is 6.92 Å². The summed E-state index contributed by atoms with van der Waals surface area (Å²) >= 11 is 0. The van der Waals surface area contributed by atoms with E-state index < -0.39 is 4.92 Å². The highest BCUT2D eigenvalue weighted by Gasteiger charge is 2.05. The van der Waals surface area contributed by atoms with E-state index in [9.17, 15) is 10.1 Å². The van der Waals surface area contributed by atoms with Gasteiger partial charge in [0.1, 0.15) is 5.75 Å². The zero-order chi connectivity index (χ0) is 11.3. The number of ether oxygens (including phenoxy) is 1. The third-order valence-corrected chi connectivity index (χ3v) is 1.98. The van der Waals surface area contributed by atoms with Gasteiger partial charge in [0.05, 0.1) is 11.5 Å². The highest BCUT2D eigenvalue weighted by atomic mass is 16.6. The summed E-state index contributed by atoms with van der Waals surface area (Å²) in [5.74, 6) is 0.904. The molecule has 0 bridgehead atoms. The molecule has 82 valence electrons. The van der Waals surface area contributed by atoms with Crippen molar-refractivity contribution in [3.8, 4) is 5.75 Å². The van der Waals surface area contributed by atoms with Crippen LogP contribution in [0.2, 0.25) is 0 Å². The smallest absolute Gasteiger partial charge is 0.269 e. The molecule has 0 saturated carbocycles. The molecule has 0 aliphatic heterocycles. The first-order chi connectivity index (χ1) is 7.13. The monoisotopic (exact) mass is 210 g/mol. The van der Waals surface area contributed by atoms with Crippen LogP contribution < -0.4 is 10.5 Å². The molecular weight excluding hydrogens is 196 g/mol. The molecule has 0 radical (unpaired) electrons. The summed E-state index contributed by atoms with van der Waals surface area (Å²) in [7, 11) is 0. The van der Waals surface area contributed by atoms with Crippen LogP contribution in [-0.2, 0) is 0 Å². The van der Waals surface area contributed by atoms with Gasteiger partial charge < -0.3 is 10.5 Å². The van der Waals surface area contributed by atoms with Crippen molar-refractivity contribution >= 4 is 5.69 Å². The summed E-state index contributed by atoms with van der Waals surface area (Å²) in [6.07, 6.45) is 0. The molecule has 0 aliphatic carbocycles. The lowest BCUT2D eigenvalue weighted by molar-refractivity contribution is -0.384. The first-order valence-electron chi connectivity index (χ1n) is 4.71. The second-order valence-corrected chi connectivity index (χ2v) is 3.40. The molecule has 0 aromatic heterocycles. The van der Waals surface area contributed by atoms with Gasteiger partial charge in [-0.3, -0.25) is 10.1 Å². The van der Waals surface area contributed by atoms with Gasteiger partial charge in [-0.1, -0.05) is 6.92 Å². The van der Waals surface area contributed by atoms with Crippen LogP contribution in [0.3, 0.4) is 0 Å². The van der Waals surface area contributed by atoms with Gasteiger partial charge in [-0.15, -0.1) is 0 Å². The molecule has 5 nitrogen and oxygen atoms in total. The number of non-ortho nitro benzene ring substituents is 1. The lowest BCUT2D eigenvalue weighted by Gasteiger charge is -2.10. The molecule has 1 aromatic carbocycles. The van der Waals surface area contributed by atoms with E-state index in [2.05, 4.69) is 0 Å². The number of rotatable bonds is 5. The van der Waals surface area contributed by atoms with E-state index in [-0.39, 0.29) is 11.6 Å². The van der Waals surface area contributed by atoms with Crippen LogP contribution in [0.15, 0.2) is 24.3 Å². The molecule has 0 saturated heterocycles. The highest BCUT2D eigenvalue weighted by Crippen LogP contribution is 2.17. The molecule has 0 aliphatic rings. The van der Waals surface area contributed by atoms with Gasteiger partial charge in [-0.25, -0.2) is 0 Å². The zero-order valence-electron chi connectivity index (χ0n) is 8.55. The third kappa shape index (κ3) is 3.55. The molecule has 2 N–H and O–H groups in total. The van der Waals surface area contributed by atoms with Gasteiger partial charge in [-0.2, -0.15) is 0 Å². The minimum absolute atomic E-state index is 0.0641. The van der Waals surface area contributed by atoms with Crippen LogP contribution in [0.5, 0.6) is 5.75 Å². The average molecular weight is 210 g/mol. The Balaban J connectivity index is 2.53. The Morgan fingerprint density at radius 3 is 2.53 bits per heavy atom. The van der Waals surface area contributed by atoms with Crippen LogP contribution in [0.25, 0.3) is 0 Å². The molecule has 1 rings (SSSR count). The zero-order valence-corrected chi connectivity index (χ0v) is 8.55. The second kappa shape index (κ2) is 5.31. The third-order valence-electron chi connectivity index (χ3n) is 1.98. The predicted molar refractivity (Wildman–Crippen MR) is 56.8 cm³/mol. The Kier molecular flexibility index (Phi) is 4.05. The van der Waals surface area contributed by atoms with Crippen molar-refractivity contribution in [3.63, 3.8) is 0 Å². The summed E-state index contributed by atoms with van der Waals surface area (Å²) in [5, 5.41) is 10.4. The van der Waals surface area contributed by atoms with Crippen LogP contribution in [-0.4, -0.2) is 18.1 Å². The summed E-state index contributed by atoms with van der Waals surface area (Å²) in [5.41, 5.74) is 5.49. The molecule has 0 spiro atoms. The lowest BCUT2D eigenvalue weighted by Crippen LogP contribution is -2.18. The Labute approximate surface area is 88.0 Å². The van der Waals surface area contributed by atoms with Crippen molar-refractivity contribution in [2.45, 2.75) is 6.92 Å². The summed E-state index contributed by atoms with van der Waals surface area (Å²) in [6.45, 7) is 3.06. The van der Waals surface area contributed by atoms with Crippen molar-refractivity contribution in [3.05, 3.63) is 34.4 Å². The van der Waals surface area contributed by atoms with E-state index >= 15 is 0 Å². The summed E-state index contributed by atoms with van der Waals surface area (Å²) in [4.78, 5) is 9.93. The Hall–Kier alpha value is -1.62. The second-order valence-electron chi connectivity index (χ2n) is 3.40. The predicted octanol–water partition coefficient (Wildman–Crippen LogP) is 1.57. The van der Waals surface area contributed by atoms with Crippen molar-refractivity contribution in [1.82, 2.24) is 0 Å². The van der Waals surface area contributed by atoms with E-state index in [0.717, 1.165) is 0 Å². The molecule has 1 aromatic rings. The van der Waals surface area contributed by atoms with Crippen molar-refractivity contribution < 1.29 is 9.66 Å². The van der Waals surface area contributed by atoms with E-state index in [0.29, 0.717) is 18.9 Å². The van der Waals surface area contributed by atoms with Crippen LogP contribution in [0.1, 0.15) is 6.92 Å². The molecule has 0 amide bonds. The highest BCUT2D eigenvalue weighted by molar-refractivity contribution is 5.35. The first-order valence-corrected chi connectivity index (χ1v) is 4.71. The summed E-state index contributed by atoms with van der Waals surface area (Å²) in [6, 6.07) is 6.01. The van der Waals surface area contributed by atoms with Crippen LogP contribution >= 0.6 is 0 Å². The van der Waals surface area contributed by atoms with E-state index in [1.165, 1.54) is 12.1 Å². The molecule has 1 atom stereocenters. The Bertz CT molecular complexity index is 324. The fourth-order valence-corrected chi connectivity index (χ4v) is 0.971. The molecule has 0 heterocycles. The standard InChI is InChI=1S/C10H14N2O3/c1-8(6-11)7-15-10-4-2-9(3-5-10)12(13)14/h2-5,8H,6-7,11H2,1H3/t8-/m1/s1. The Morgan fingerprint density at radius 1 is 1.47 bits per heavy atom. The average Bonchev–Trinajstić information content (AvgIpc) is 2.26. The van der Waals surface area contributed by atoms with Gasteiger partial charge in [-0.05, 0) is 18.7 Å². The summed E-state index contributed by atoms with van der Waals surface area (Å²) < 4.78 is 5.39. The normalized spacial score (nSPS) is 12.1. The quantitative estimate of drug-likeness (QED) is 0.591.